The second-order valence-corrected chi connectivity index (χ2v) is 6.16. The van der Waals surface area contributed by atoms with Crippen molar-refractivity contribution in [2.75, 3.05) is 16.8 Å². The van der Waals surface area contributed by atoms with Crippen molar-refractivity contribution in [2.24, 2.45) is 0 Å². The first-order valence-corrected chi connectivity index (χ1v) is 7.69. The van der Waals surface area contributed by atoms with Crippen molar-refractivity contribution >= 4 is 45.4 Å². The third-order valence-electron chi connectivity index (χ3n) is 2.72. The highest BCUT2D eigenvalue weighted by Crippen LogP contribution is 2.21. The van der Waals surface area contributed by atoms with Gasteiger partial charge in [-0.15, -0.1) is 0 Å². The molecule has 0 aromatic heterocycles. The third-order valence-corrected chi connectivity index (χ3v) is 4.57. The molecule has 1 heterocycles. The molecule has 0 bridgehead atoms. The monoisotopic (exact) mass is 344 g/mol. The summed E-state index contributed by atoms with van der Waals surface area (Å²) in [7, 11) is 0. The quantitative estimate of drug-likeness (QED) is 0.787. The highest BCUT2D eigenvalue weighted by molar-refractivity contribution is 9.10. The fraction of sp³-hybridized carbons (Fsp3) is 0.333. The molecule has 0 aliphatic carbocycles. The molecule has 1 unspecified atom stereocenters. The van der Waals surface area contributed by atoms with Crippen LogP contribution < -0.4 is 10.6 Å². The summed E-state index contributed by atoms with van der Waals surface area (Å²) in [6, 6.07) is 4.57. The summed E-state index contributed by atoms with van der Waals surface area (Å²) >= 11 is 4.97. The summed E-state index contributed by atoms with van der Waals surface area (Å²) in [5.74, 6) is 0.948. The number of benzene rings is 1. The summed E-state index contributed by atoms with van der Waals surface area (Å²) < 4.78 is 0.484. The Morgan fingerprint density at radius 3 is 2.84 bits per heavy atom. The van der Waals surface area contributed by atoms with Crippen LogP contribution in [0.2, 0.25) is 0 Å². The van der Waals surface area contributed by atoms with E-state index in [1.807, 2.05) is 11.8 Å². The lowest BCUT2D eigenvalue weighted by atomic mass is 10.2. The lowest BCUT2D eigenvalue weighted by molar-refractivity contribution is 0.0696. The minimum atomic E-state index is -1.04. The zero-order chi connectivity index (χ0) is 13.8. The van der Waals surface area contributed by atoms with Gasteiger partial charge in [-0.25, -0.2) is 9.59 Å². The fourth-order valence-corrected chi connectivity index (χ4v) is 3.34. The Morgan fingerprint density at radius 1 is 1.42 bits per heavy atom. The molecule has 1 atom stereocenters. The van der Waals surface area contributed by atoms with Gasteiger partial charge >= 0.3 is 12.0 Å². The van der Waals surface area contributed by atoms with Crippen molar-refractivity contribution in [3.8, 4) is 0 Å². The van der Waals surface area contributed by atoms with Gasteiger partial charge in [-0.2, -0.15) is 11.8 Å². The minimum Gasteiger partial charge on any atom is -0.478 e. The molecule has 0 radical (unpaired) electrons. The predicted molar refractivity (Wildman–Crippen MR) is 79.0 cm³/mol. The Balaban J connectivity index is 2.00. The SMILES string of the molecule is O=C(Nc1ccc(Br)c(C(=O)O)c1)NC1CCSC1. The number of halogens is 1. The van der Waals surface area contributed by atoms with E-state index in [2.05, 4.69) is 26.6 Å². The largest absolute Gasteiger partial charge is 0.478 e. The first-order valence-electron chi connectivity index (χ1n) is 5.74. The molecule has 0 spiro atoms. The van der Waals surface area contributed by atoms with Crippen molar-refractivity contribution in [1.82, 2.24) is 5.32 Å². The number of rotatable bonds is 3. The van der Waals surface area contributed by atoms with Crippen LogP contribution in [0.5, 0.6) is 0 Å². The van der Waals surface area contributed by atoms with Gasteiger partial charge < -0.3 is 15.7 Å². The number of urea groups is 1. The van der Waals surface area contributed by atoms with Crippen LogP contribution in [0.15, 0.2) is 22.7 Å². The van der Waals surface area contributed by atoms with Crippen LogP contribution in [-0.2, 0) is 0 Å². The van der Waals surface area contributed by atoms with Gasteiger partial charge in [0.25, 0.3) is 0 Å². The molecule has 102 valence electrons. The smallest absolute Gasteiger partial charge is 0.336 e. The van der Waals surface area contributed by atoms with E-state index in [-0.39, 0.29) is 17.6 Å². The molecule has 1 aromatic rings. The number of carboxylic acids is 1. The molecule has 0 saturated carbocycles. The highest BCUT2D eigenvalue weighted by atomic mass is 79.9. The Labute approximate surface area is 123 Å². The molecule has 2 amide bonds. The lowest BCUT2D eigenvalue weighted by Crippen LogP contribution is -2.37. The number of anilines is 1. The van der Waals surface area contributed by atoms with E-state index in [0.717, 1.165) is 17.9 Å². The van der Waals surface area contributed by atoms with Crippen LogP contribution in [0.1, 0.15) is 16.8 Å². The van der Waals surface area contributed by atoms with Gasteiger partial charge in [-0.3, -0.25) is 0 Å². The third kappa shape index (κ3) is 3.87. The highest BCUT2D eigenvalue weighted by Gasteiger charge is 2.18. The second-order valence-electron chi connectivity index (χ2n) is 4.16. The predicted octanol–water partition coefficient (Wildman–Crippen LogP) is 2.77. The molecule has 3 N–H and O–H groups in total. The maximum Gasteiger partial charge on any atom is 0.336 e. The van der Waals surface area contributed by atoms with Crippen LogP contribution in [0.3, 0.4) is 0 Å². The first kappa shape index (κ1) is 14.2. The van der Waals surface area contributed by atoms with Crippen LogP contribution in [0.4, 0.5) is 10.5 Å². The summed E-state index contributed by atoms with van der Waals surface area (Å²) in [5.41, 5.74) is 0.581. The molecule has 1 aliphatic rings. The van der Waals surface area contributed by atoms with E-state index in [0.29, 0.717) is 10.2 Å². The molecule has 5 nitrogen and oxygen atoms in total. The summed E-state index contributed by atoms with van der Waals surface area (Å²) in [6.45, 7) is 0. The number of amides is 2. The normalized spacial score (nSPS) is 18.1. The number of thioether (sulfide) groups is 1. The van der Waals surface area contributed by atoms with Crippen molar-refractivity contribution < 1.29 is 14.7 Å². The summed E-state index contributed by atoms with van der Waals surface area (Å²) in [5, 5.41) is 14.5. The fourth-order valence-electron chi connectivity index (χ4n) is 1.77. The van der Waals surface area contributed by atoms with Gasteiger partial charge in [-0.05, 0) is 46.3 Å². The van der Waals surface area contributed by atoms with Crippen molar-refractivity contribution in [2.45, 2.75) is 12.5 Å². The average Bonchev–Trinajstić information content (AvgIpc) is 2.84. The van der Waals surface area contributed by atoms with E-state index in [1.165, 1.54) is 6.07 Å². The molecule has 1 aliphatic heterocycles. The van der Waals surface area contributed by atoms with E-state index in [9.17, 15) is 9.59 Å². The zero-order valence-corrected chi connectivity index (χ0v) is 12.4. The summed E-state index contributed by atoms with van der Waals surface area (Å²) in [6.07, 6.45) is 0.971. The van der Waals surface area contributed by atoms with Crippen molar-refractivity contribution in [3.63, 3.8) is 0 Å². The van der Waals surface area contributed by atoms with Crippen LogP contribution in [-0.4, -0.2) is 34.7 Å². The second kappa shape index (κ2) is 6.29. The number of nitrogens with one attached hydrogen (secondary N) is 2. The van der Waals surface area contributed by atoms with Gasteiger partial charge in [0.05, 0.1) is 5.56 Å². The number of hydrogen-bond acceptors (Lipinski definition) is 3. The van der Waals surface area contributed by atoms with Gasteiger partial charge in [0.15, 0.2) is 0 Å². The Bertz CT molecular complexity index is 504. The number of carbonyl (C=O) groups is 2. The zero-order valence-electron chi connectivity index (χ0n) is 9.98. The van der Waals surface area contributed by atoms with Crippen LogP contribution >= 0.6 is 27.7 Å². The summed E-state index contributed by atoms with van der Waals surface area (Å²) in [4.78, 5) is 22.7. The molecule has 1 fully saturated rings. The maximum atomic E-state index is 11.7. The van der Waals surface area contributed by atoms with Crippen LogP contribution in [0, 0.1) is 0 Å². The standard InChI is InChI=1S/C12H13BrN2O3S/c13-10-2-1-7(5-9(10)11(16)17)14-12(18)15-8-3-4-19-6-8/h1-2,5,8H,3-4,6H2,(H,16,17)(H2,14,15,18). The average molecular weight is 345 g/mol. The minimum absolute atomic E-state index is 0.120. The molecule has 7 heteroatoms. The number of aromatic carboxylic acids is 1. The van der Waals surface area contributed by atoms with Crippen molar-refractivity contribution in [1.29, 1.82) is 0 Å². The van der Waals surface area contributed by atoms with Gasteiger partial charge in [-0.1, -0.05) is 0 Å². The van der Waals surface area contributed by atoms with Gasteiger partial charge in [0.2, 0.25) is 0 Å². The lowest BCUT2D eigenvalue weighted by Gasteiger charge is -2.13. The number of carbonyl (C=O) groups excluding carboxylic acids is 1. The number of carboxylic acid groups (broad SMARTS) is 1. The van der Waals surface area contributed by atoms with E-state index in [1.54, 1.807) is 12.1 Å². The Hall–Kier alpha value is -1.21. The molecule has 1 saturated heterocycles. The molecule has 2 rings (SSSR count). The molecule has 19 heavy (non-hydrogen) atoms. The molecule has 1 aromatic carbocycles. The Kier molecular flexibility index (Phi) is 4.71. The number of hydrogen-bond donors (Lipinski definition) is 3. The first-order chi connectivity index (χ1) is 9.06. The molecular formula is C12H13BrN2O3S. The topological polar surface area (TPSA) is 78.4 Å². The van der Waals surface area contributed by atoms with E-state index >= 15 is 0 Å². The Morgan fingerprint density at radius 2 is 2.21 bits per heavy atom. The molecular weight excluding hydrogens is 332 g/mol. The van der Waals surface area contributed by atoms with Crippen molar-refractivity contribution in [3.05, 3.63) is 28.2 Å². The van der Waals surface area contributed by atoms with Crippen LogP contribution in [0.25, 0.3) is 0 Å². The van der Waals surface area contributed by atoms with E-state index < -0.39 is 5.97 Å². The van der Waals surface area contributed by atoms with Gasteiger partial charge in [0, 0.05) is 22.0 Å². The van der Waals surface area contributed by atoms with E-state index in [4.69, 9.17) is 5.11 Å². The maximum absolute atomic E-state index is 11.7. The van der Waals surface area contributed by atoms with Gasteiger partial charge in [0.1, 0.15) is 0 Å².